The molecule has 150 valence electrons. The first-order chi connectivity index (χ1) is 14.4. The van der Waals surface area contributed by atoms with Gasteiger partial charge < -0.3 is 5.32 Å². The van der Waals surface area contributed by atoms with Gasteiger partial charge in [0.25, 0.3) is 11.5 Å². The molecule has 6 heteroatoms. The van der Waals surface area contributed by atoms with E-state index in [9.17, 15) is 9.59 Å². The Kier molecular flexibility index (Phi) is 5.14. The van der Waals surface area contributed by atoms with Crippen molar-refractivity contribution in [3.05, 3.63) is 88.3 Å². The van der Waals surface area contributed by atoms with E-state index >= 15 is 0 Å². The lowest BCUT2D eigenvalue weighted by Crippen LogP contribution is -2.21. The Bertz CT molecular complexity index is 1270. The lowest BCUT2D eigenvalue weighted by Gasteiger charge is -2.09. The number of nitrogens with one attached hydrogen (secondary N) is 1. The second kappa shape index (κ2) is 7.91. The van der Waals surface area contributed by atoms with E-state index in [0.29, 0.717) is 33.9 Å². The summed E-state index contributed by atoms with van der Waals surface area (Å²) in [5, 5.41) is 2.90. The molecule has 0 aliphatic rings. The van der Waals surface area contributed by atoms with E-state index in [2.05, 4.69) is 29.1 Å². The zero-order chi connectivity index (χ0) is 21.3. The molecule has 0 aliphatic carbocycles. The smallest absolute Gasteiger partial charge is 0.278 e. The molecule has 4 rings (SSSR count). The summed E-state index contributed by atoms with van der Waals surface area (Å²) < 4.78 is 1.49. The minimum atomic E-state index is -0.233. The largest absolute Gasteiger partial charge is 0.322 e. The molecule has 1 N–H and O–H groups in total. The van der Waals surface area contributed by atoms with Gasteiger partial charge in [-0.1, -0.05) is 38.1 Å². The van der Waals surface area contributed by atoms with Crippen LogP contribution < -0.4 is 10.9 Å². The number of nitrogens with zero attached hydrogens (tertiary/aromatic N) is 3. The third-order valence-corrected chi connectivity index (χ3v) is 5.08. The van der Waals surface area contributed by atoms with Gasteiger partial charge in [-0.3, -0.25) is 14.2 Å². The van der Waals surface area contributed by atoms with Gasteiger partial charge in [-0.05, 0) is 47.9 Å². The number of amides is 1. The van der Waals surface area contributed by atoms with Crippen LogP contribution in [0.1, 0.15) is 35.7 Å². The Morgan fingerprint density at radius 3 is 2.37 bits per heavy atom. The molecule has 30 heavy (non-hydrogen) atoms. The Hall–Kier alpha value is -3.80. The standard InChI is InChI=1S/C24H22N4O2/c1-15(2)16-10-12-19(13-11-16)26-23(29)18-8-6-17(7-9-18)21-24(30)28(3)22-20(27-21)5-4-14-25-22/h4-15H,1-3H3,(H,26,29). The highest BCUT2D eigenvalue weighted by Crippen LogP contribution is 2.20. The lowest BCUT2D eigenvalue weighted by molar-refractivity contribution is 0.102. The van der Waals surface area contributed by atoms with Crippen LogP contribution >= 0.6 is 0 Å². The van der Waals surface area contributed by atoms with Crippen molar-refractivity contribution in [2.75, 3.05) is 5.32 Å². The average Bonchev–Trinajstić information content (AvgIpc) is 2.77. The summed E-state index contributed by atoms with van der Waals surface area (Å²) >= 11 is 0. The summed E-state index contributed by atoms with van der Waals surface area (Å²) in [7, 11) is 1.68. The van der Waals surface area contributed by atoms with Crippen molar-refractivity contribution in [2.24, 2.45) is 7.05 Å². The number of anilines is 1. The summed E-state index contributed by atoms with van der Waals surface area (Å²) in [6, 6.07) is 18.3. The van der Waals surface area contributed by atoms with E-state index in [4.69, 9.17) is 0 Å². The number of fused-ring (bicyclic) bond motifs is 1. The van der Waals surface area contributed by atoms with Gasteiger partial charge in [0.05, 0.1) is 0 Å². The topological polar surface area (TPSA) is 76.9 Å². The molecule has 6 nitrogen and oxygen atoms in total. The van der Waals surface area contributed by atoms with Gasteiger partial charge in [0.1, 0.15) is 11.2 Å². The predicted octanol–water partition coefficient (Wildman–Crippen LogP) is 4.37. The molecule has 2 aromatic heterocycles. The molecule has 2 heterocycles. The van der Waals surface area contributed by atoms with Crippen LogP contribution in [0.5, 0.6) is 0 Å². The van der Waals surface area contributed by atoms with E-state index in [1.807, 2.05) is 30.3 Å². The fourth-order valence-corrected chi connectivity index (χ4v) is 3.28. The van der Waals surface area contributed by atoms with Gasteiger partial charge in [0.15, 0.2) is 5.65 Å². The van der Waals surface area contributed by atoms with Crippen LogP contribution in [0.25, 0.3) is 22.4 Å². The summed E-state index contributed by atoms with van der Waals surface area (Å²) in [4.78, 5) is 34.0. The first kappa shape index (κ1) is 19.5. The quantitative estimate of drug-likeness (QED) is 0.554. The van der Waals surface area contributed by atoms with Crippen molar-refractivity contribution in [2.45, 2.75) is 19.8 Å². The fourth-order valence-electron chi connectivity index (χ4n) is 3.28. The van der Waals surface area contributed by atoms with E-state index in [0.717, 1.165) is 5.69 Å². The summed E-state index contributed by atoms with van der Waals surface area (Å²) in [6.45, 7) is 4.26. The molecule has 0 unspecified atom stereocenters. The van der Waals surface area contributed by atoms with Crippen molar-refractivity contribution in [3.63, 3.8) is 0 Å². The number of aryl methyl sites for hydroxylation is 1. The molecule has 0 spiro atoms. The van der Waals surface area contributed by atoms with E-state index in [1.54, 1.807) is 43.6 Å². The molecule has 0 saturated heterocycles. The molecule has 0 radical (unpaired) electrons. The zero-order valence-electron chi connectivity index (χ0n) is 17.1. The molecule has 2 aromatic carbocycles. The Labute approximate surface area is 174 Å². The van der Waals surface area contributed by atoms with Gasteiger partial charge in [-0.25, -0.2) is 9.97 Å². The predicted molar refractivity (Wildman–Crippen MR) is 119 cm³/mol. The average molecular weight is 398 g/mol. The molecule has 0 saturated carbocycles. The van der Waals surface area contributed by atoms with Crippen molar-refractivity contribution in [1.29, 1.82) is 0 Å². The monoisotopic (exact) mass is 398 g/mol. The second-order valence-electron chi connectivity index (χ2n) is 7.48. The molecule has 0 atom stereocenters. The van der Waals surface area contributed by atoms with Gasteiger partial charge in [0, 0.05) is 30.1 Å². The highest BCUT2D eigenvalue weighted by atomic mass is 16.1. The van der Waals surface area contributed by atoms with Crippen molar-refractivity contribution in [3.8, 4) is 11.3 Å². The Morgan fingerprint density at radius 1 is 1.00 bits per heavy atom. The minimum Gasteiger partial charge on any atom is -0.322 e. The van der Waals surface area contributed by atoms with Gasteiger partial charge >= 0.3 is 0 Å². The van der Waals surface area contributed by atoms with Gasteiger partial charge in [0.2, 0.25) is 0 Å². The molecule has 0 bridgehead atoms. The molecule has 4 aromatic rings. The Morgan fingerprint density at radius 2 is 1.70 bits per heavy atom. The number of hydrogen-bond donors (Lipinski definition) is 1. The number of benzene rings is 2. The molecular formula is C24H22N4O2. The van der Waals surface area contributed by atoms with Crippen LogP contribution in [0.4, 0.5) is 5.69 Å². The third kappa shape index (κ3) is 3.72. The van der Waals surface area contributed by atoms with Crippen LogP contribution in [-0.4, -0.2) is 20.4 Å². The first-order valence-corrected chi connectivity index (χ1v) is 9.77. The highest BCUT2D eigenvalue weighted by Gasteiger charge is 2.13. The maximum absolute atomic E-state index is 12.7. The summed E-state index contributed by atoms with van der Waals surface area (Å²) in [5.74, 6) is 0.233. The number of rotatable bonds is 4. The van der Waals surface area contributed by atoms with Crippen LogP contribution in [0, 0.1) is 0 Å². The molecule has 1 amide bonds. The highest BCUT2D eigenvalue weighted by molar-refractivity contribution is 6.04. The maximum atomic E-state index is 12.7. The number of pyridine rings is 1. The second-order valence-corrected chi connectivity index (χ2v) is 7.48. The molecule has 0 aliphatic heterocycles. The van der Waals surface area contributed by atoms with Crippen molar-refractivity contribution in [1.82, 2.24) is 14.5 Å². The summed E-state index contributed by atoms with van der Waals surface area (Å²) in [6.07, 6.45) is 1.63. The van der Waals surface area contributed by atoms with E-state index in [1.165, 1.54) is 10.1 Å². The van der Waals surface area contributed by atoms with E-state index in [-0.39, 0.29) is 11.5 Å². The molecule has 0 fully saturated rings. The Balaban J connectivity index is 1.58. The van der Waals surface area contributed by atoms with Crippen molar-refractivity contribution >= 4 is 22.8 Å². The maximum Gasteiger partial charge on any atom is 0.278 e. The first-order valence-electron chi connectivity index (χ1n) is 9.77. The number of carbonyl (C=O) groups excluding carboxylic acids is 1. The SMILES string of the molecule is CC(C)c1ccc(NC(=O)c2ccc(-c3nc4cccnc4n(C)c3=O)cc2)cc1. The molecular weight excluding hydrogens is 376 g/mol. The summed E-state index contributed by atoms with van der Waals surface area (Å²) in [5.41, 5.74) is 4.39. The van der Waals surface area contributed by atoms with E-state index < -0.39 is 0 Å². The van der Waals surface area contributed by atoms with Gasteiger partial charge in [-0.2, -0.15) is 0 Å². The minimum absolute atomic E-state index is 0.206. The van der Waals surface area contributed by atoms with Crippen LogP contribution in [-0.2, 0) is 7.05 Å². The number of carbonyl (C=O) groups is 1. The zero-order valence-corrected chi connectivity index (χ0v) is 17.1. The fraction of sp³-hybridized carbons (Fsp3) is 0.167. The number of hydrogen-bond acceptors (Lipinski definition) is 4. The van der Waals surface area contributed by atoms with Crippen LogP contribution in [0.3, 0.4) is 0 Å². The van der Waals surface area contributed by atoms with Crippen LogP contribution in [0.15, 0.2) is 71.7 Å². The number of aromatic nitrogens is 3. The lowest BCUT2D eigenvalue weighted by atomic mass is 10.0. The van der Waals surface area contributed by atoms with Crippen LogP contribution in [0.2, 0.25) is 0 Å². The third-order valence-electron chi connectivity index (χ3n) is 5.08. The normalized spacial score (nSPS) is 11.1. The van der Waals surface area contributed by atoms with Crippen molar-refractivity contribution < 1.29 is 4.79 Å². The van der Waals surface area contributed by atoms with Gasteiger partial charge in [-0.15, -0.1) is 0 Å².